The van der Waals surface area contributed by atoms with Crippen LogP contribution in [0.15, 0.2) is 23.1 Å². The lowest BCUT2D eigenvalue weighted by molar-refractivity contribution is -0.122. The summed E-state index contributed by atoms with van der Waals surface area (Å²) in [6, 6.07) is 4.60. The SMILES string of the molecule is Cc1ccc(C(N)=S)cc1S(=O)(=O)NC(C)(C)C(N)=O. The summed E-state index contributed by atoms with van der Waals surface area (Å²) in [5.41, 5.74) is 10.2. The second-order valence-electron chi connectivity index (χ2n) is 4.94. The maximum atomic E-state index is 12.3. The summed E-state index contributed by atoms with van der Waals surface area (Å²) in [7, 11) is -3.92. The molecule has 0 bridgehead atoms. The molecule has 0 aromatic heterocycles. The number of hydrogen-bond acceptors (Lipinski definition) is 4. The lowest BCUT2D eigenvalue weighted by Gasteiger charge is -2.22. The van der Waals surface area contributed by atoms with Crippen LogP contribution in [0.1, 0.15) is 25.0 Å². The van der Waals surface area contributed by atoms with Gasteiger partial charge in [-0.3, -0.25) is 4.79 Å². The molecule has 0 atom stereocenters. The Morgan fingerprint density at radius 2 is 1.85 bits per heavy atom. The maximum absolute atomic E-state index is 12.3. The van der Waals surface area contributed by atoms with E-state index < -0.39 is 21.5 Å². The molecule has 0 spiro atoms. The van der Waals surface area contributed by atoms with E-state index >= 15 is 0 Å². The number of sulfonamides is 1. The van der Waals surface area contributed by atoms with Crippen LogP contribution in [0.2, 0.25) is 0 Å². The van der Waals surface area contributed by atoms with E-state index in [1.807, 2.05) is 0 Å². The molecule has 6 nitrogen and oxygen atoms in total. The van der Waals surface area contributed by atoms with E-state index in [1.54, 1.807) is 19.1 Å². The van der Waals surface area contributed by atoms with E-state index in [0.29, 0.717) is 11.1 Å². The highest BCUT2D eigenvalue weighted by atomic mass is 32.2. The van der Waals surface area contributed by atoms with Gasteiger partial charge in [-0.25, -0.2) is 8.42 Å². The average molecular weight is 315 g/mol. The van der Waals surface area contributed by atoms with Crippen molar-refractivity contribution in [1.82, 2.24) is 4.72 Å². The molecule has 1 aromatic rings. The zero-order chi connectivity index (χ0) is 15.7. The van der Waals surface area contributed by atoms with E-state index in [2.05, 4.69) is 4.72 Å². The van der Waals surface area contributed by atoms with Crippen LogP contribution < -0.4 is 16.2 Å². The Morgan fingerprint density at radius 3 is 2.30 bits per heavy atom. The molecule has 0 aliphatic rings. The van der Waals surface area contributed by atoms with Gasteiger partial charge in [0.1, 0.15) is 10.5 Å². The number of aryl methyl sites for hydroxylation is 1. The Kier molecular flexibility index (Phi) is 4.52. The molecule has 0 heterocycles. The average Bonchev–Trinajstić information content (AvgIpc) is 2.27. The van der Waals surface area contributed by atoms with Crippen molar-refractivity contribution in [3.8, 4) is 0 Å². The first kappa shape index (κ1) is 16.5. The fraction of sp³-hybridized carbons (Fsp3) is 0.333. The van der Waals surface area contributed by atoms with E-state index in [1.165, 1.54) is 19.9 Å². The molecule has 0 radical (unpaired) electrons. The van der Waals surface area contributed by atoms with Crippen molar-refractivity contribution in [2.75, 3.05) is 0 Å². The first-order valence-electron chi connectivity index (χ1n) is 5.72. The number of amides is 1. The number of nitrogens with two attached hydrogens (primary N) is 2. The van der Waals surface area contributed by atoms with Crippen LogP contribution in [-0.4, -0.2) is 24.9 Å². The van der Waals surface area contributed by atoms with Gasteiger partial charge in [0.05, 0.1) is 4.90 Å². The molecule has 8 heteroatoms. The van der Waals surface area contributed by atoms with Crippen LogP contribution >= 0.6 is 12.2 Å². The van der Waals surface area contributed by atoms with E-state index in [-0.39, 0.29) is 9.88 Å². The number of carbonyl (C=O) groups excluding carboxylic acids is 1. The Morgan fingerprint density at radius 1 is 1.30 bits per heavy atom. The Labute approximate surface area is 123 Å². The molecular weight excluding hydrogens is 298 g/mol. The molecule has 5 N–H and O–H groups in total. The van der Waals surface area contributed by atoms with Crippen molar-refractivity contribution >= 4 is 33.1 Å². The van der Waals surface area contributed by atoms with Crippen LogP contribution in [0, 0.1) is 6.92 Å². The summed E-state index contributed by atoms with van der Waals surface area (Å²) >= 11 is 4.83. The predicted molar refractivity (Wildman–Crippen MR) is 80.7 cm³/mol. The van der Waals surface area contributed by atoms with Gasteiger partial charge in [0.25, 0.3) is 0 Å². The number of rotatable bonds is 5. The van der Waals surface area contributed by atoms with Crippen molar-refractivity contribution in [3.63, 3.8) is 0 Å². The molecule has 1 rings (SSSR count). The zero-order valence-electron chi connectivity index (χ0n) is 11.4. The number of hydrogen-bond donors (Lipinski definition) is 3. The number of carbonyl (C=O) groups is 1. The standard InChI is InChI=1S/C12H17N3O3S2/c1-7-4-5-8(10(13)19)6-9(7)20(17,18)15-12(2,3)11(14)16/h4-6,15H,1-3H3,(H2,13,19)(H2,14,16). The first-order valence-corrected chi connectivity index (χ1v) is 7.61. The fourth-order valence-corrected chi connectivity index (χ4v) is 3.27. The lowest BCUT2D eigenvalue weighted by Crippen LogP contribution is -2.52. The maximum Gasteiger partial charge on any atom is 0.241 e. The summed E-state index contributed by atoms with van der Waals surface area (Å²) < 4.78 is 27.0. The van der Waals surface area contributed by atoms with Crippen LogP contribution in [0.25, 0.3) is 0 Å². The predicted octanol–water partition coefficient (Wildman–Crippen LogP) is 0.171. The highest BCUT2D eigenvalue weighted by molar-refractivity contribution is 7.89. The Balaban J connectivity index is 3.32. The van der Waals surface area contributed by atoms with Gasteiger partial charge in [-0.15, -0.1) is 0 Å². The van der Waals surface area contributed by atoms with Gasteiger partial charge in [0, 0.05) is 5.56 Å². The summed E-state index contributed by atoms with van der Waals surface area (Å²) in [5.74, 6) is -0.774. The summed E-state index contributed by atoms with van der Waals surface area (Å²) in [6.45, 7) is 4.41. The minimum Gasteiger partial charge on any atom is -0.389 e. The molecule has 1 aromatic carbocycles. The van der Waals surface area contributed by atoms with Crippen molar-refractivity contribution in [3.05, 3.63) is 29.3 Å². The summed E-state index contributed by atoms with van der Waals surface area (Å²) in [4.78, 5) is 11.3. The summed E-state index contributed by atoms with van der Waals surface area (Å²) in [6.07, 6.45) is 0. The largest absolute Gasteiger partial charge is 0.389 e. The molecule has 0 aliphatic heterocycles. The smallest absolute Gasteiger partial charge is 0.241 e. The number of benzene rings is 1. The molecule has 110 valence electrons. The second-order valence-corrected chi connectivity index (χ2v) is 7.03. The molecule has 1 amide bonds. The van der Waals surface area contributed by atoms with Gasteiger partial charge in [0.2, 0.25) is 15.9 Å². The monoisotopic (exact) mass is 315 g/mol. The number of primary amides is 1. The third kappa shape index (κ3) is 3.53. The van der Waals surface area contributed by atoms with Gasteiger partial charge in [-0.2, -0.15) is 4.72 Å². The molecule has 20 heavy (non-hydrogen) atoms. The van der Waals surface area contributed by atoms with Crippen molar-refractivity contribution in [1.29, 1.82) is 0 Å². The van der Waals surface area contributed by atoms with Gasteiger partial charge in [-0.05, 0) is 32.4 Å². The van der Waals surface area contributed by atoms with Crippen LogP contribution in [-0.2, 0) is 14.8 Å². The Hall–Kier alpha value is -1.51. The van der Waals surface area contributed by atoms with Gasteiger partial charge in [0.15, 0.2) is 0 Å². The van der Waals surface area contributed by atoms with Crippen molar-refractivity contribution in [2.45, 2.75) is 31.2 Å². The van der Waals surface area contributed by atoms with Crippen molar-refractivity contribution in [2.24, 2.45) is 11.5 Å². The summed E-state index contributed by atoms with van der Waals surface area (Å²) in [5, 5.41) is 0. The third-order valence-corrected chi connectivity index (χ3v) is 4.80. The molecule has 0 fully saturated rings. The van der Waals surface area contributed by atoms with Crippen LogP contribution in [0.3, 0.4) is 0 Å². The molecule has 0 aliphatic carbocycles. The number of thiocarbonyl (C=S) groups is 1. The topological polar surface area (TPSA) is 115 Å². The highest BCUT2D eigenvalue weighted by Gasteiger charge is 2.32. The van der Waals surface area contributed by atoms with Gasteiger partial charge < -0.3 is 11.5 Å². The number of nitrogens with one attached hydrogen (secondary N) is 1. The van der Waals surface area contributed by atoms with E-state index in [9.17, 15) is 13.2 Å². The quantitative estimate of drug-likeness (QED) is 0.670. The van der Waals surface area contributed by atoms with Crippen LogP contribution in [0.4, 0.5) is 0 Å². The van der Waals surface area contributed by atoms with Gasteiger partial charge >= 0.3 is 0 Å². The molecule has 0 unspecified atom stereocenters. The minimum atomic E-state index is -3.92. The molecule has 0 saturated carbocycles. The lowest BCUT2D eigenvalue weighted by atomic mass is 10.1. The van der Waals surface area contributed by atoms with E-state index in [0.717, 1.165) is 0 Å². The normalized spacial score (nSPS) is 12.2. The molecular formula is C12H17N3O3S2. The first-order chi connectivity index (χ1) is 8.97. The zero-order valence-corrected chi connectivity index (χ0v) is 13.1. The highest BCUT2D eigenvalue weighted by Crippen LogP contribution is 2.19. The second kappa shape index (κ2) is 5.47. The van der Waals surface area contributed by atoms with Gasteiger partial charge in [-0.1, -0.05) is 24.4 Å². The third-order valence-electron chi connectivity index (χ3n) is 2.77. The fourth-order valence-electron chi connectivity index (χ4n) is 1.48. The van der Waals surface area contributed by atoms with Crippen LogP contribution in [0.5, 0.6) is 0 Å². The van der Waals surface area contributed by atoms with Crippen molar-refractivity contribution < 1.29 is 13.2 Å². The van der Waals surface area contributed by atoms with E-state index in [4.69, 9.17) is 23.7 Å². The molecule has 0 saturated heterocycles. The Bertz CT molecular complexity index is 667. The minimum absolute atomic E-state index is 0.0112.